The summed E-state index contributed by atoms with van der Waals surface area (Å²) in [5.74, 6) is 2.56. The molecule has 2 aromatic rings. The number of carbonyl (C=O) groups is 1. The second kappa shape index (κ2) is 7.86. The fourth-order valence-electron chi connectivity index (χ4n) is 2.68. The normalized spacial score (nSPS) is 13.6. The summed E-state index contributed by atoms with van der Waals surface area (Å²) in [7, 11) is 4.73. The third-order valence-corrected chi connectivity index (χ3v) is 4.15. The first-order valence-electron chi connectivity index (χ1n) is 8.22. The number of para-hydroxylation sites is 2. The van der Waals surface area contributed by atoms with Gasteiger partial charge >= 0.3 is 6.03 Å². The number of ether oxygens (including phenoxy) is 4. The van der Waals surface area contributed by atoms with E-state index in [0.717, 1.165) is 0 Å². The van der Waals surface area contributed by atoms with E-state index in [1.54, 1.807) is 44.4 Å². The first-order valence-corrected chi connectivity index (χ1v) is 8.22. The van der Waals surface area contributed by atoms with Crippen LogP contribution >= 0.6 is 0 Å². The van der Waals surface area contributed by atoms with E-state index in [9.17, 15) is 4.79 Å². The largest absolute Gasteiger partial charge is 0.497 e. The number of anilines is 1. The van der Waals surface area contributed by atoms with Gasteiger partial charge in [0.1, 0.15) is 17.6 Å². The summed E-state index contributed by atoms with van der Waals surface area (Å²) in [5, 5.41) is 2.85. The number of nitrogens with one attached hydrogen (secondary N) is 1. The molecule has 26 heavy (non-hydrogen) atoms. The lowest BCUT2D eigenvalue weighted by molar-refractivity contribution is 0.0474. The first kappa shape index (κ1) is 17.7. The van der Waals surface area contributed by atoms with Crippen molar-refractivity contribution in [3.05, 3.63) is 42.5 Å². The number of amides is 2. The van der Waals surface area contributed by atoms with Crippen LogP contribution in [0.2, 0.25) is 0 Å². The van der Waals surface area contributed by atoms with E-state index in [2.05, 4.69) is 5.32 Å². The highest BCUT2D eigenvalue weighted by Crippen LogP contribution is 2.31. The van der Waals surface area contributed by atoms with E-state index >= 15 is 0 Å². The number of urea groups is 1. The molecule has 2 aromatic carbocycles. The van der Waals surface area contributed by atoms with Gasteiger partial charge in [0.15, 0.2) is 11.5 Å². The molecule has 0 radical (unpaired) electrons. The molecule has 2 amide bonds. The van der Waals surface area contributed by atoms with Gasteiger partial charge in [0.05, 0.1) is 40.1 Å². The van der Waals surface area contributed by atoms with Crippen LogP contribution in [-0.4, -0.2) is 51.5 Å². The zero-order chi connectivity index (χ0) is 18.5. The predicted octanol–water partition coefficient (Wildman–Crippen LogP) is 3.01. The Labute approximate surface area is 152 Å². The lowest BCUT2D eigenvalue weighted by atomic mass is 10.2. The third-order valence-electron chi connectivity index (χ3n) is 4.15. The van der Waals surface area contributed by atoms with Crippen molar-refractivity contribution in [2.75, 3.05) is 39.7 Å². The molecule has 1 aliphatic heterocycles. The maximum absolute atomic E-state index is 12.4. The molecule has 1 N–H and O–H groups in total. The van der Waals surface area contributed by atoms with Crippen LogP contribution in [0, 0.1) is 0 Å². The van der Waals surface area contributed by atoms with Crippen LogP contribution in [0.25, 0.3) is 0 Å². The topological polar surface area (TPSA) is 69.3 Å². The summed E-state index contributed by atoms with van der Waals surface area (Å²) in [4.78, 5) is 14.1. The molecule has 0 bridgehead atoms. The SMILES string of the molecule is COc1ccc(OC)c(NC(=O)N2CC(Oc3ccccc3OC)C2)c1. The van der Waals surface area contributed by atoms with Gasteiger partial charge in [-0.25, -0.2) is 4.79 Å². The molecule has 7 heteroatoms. The minimum absolute atomic E-state index is 0.0655. The zero-order valence-electron chi connectivity index (χ0n) is 15.0. The van der Waals surface area contributed by atoms with Crippen LogP contribution in [0.15, 0.2) is 42.5 Å². The van der Waals surface area contributed by atoms with Crippen molar-refractivity contribution >= 4 is 11.7 Å². The molecule has 0 aromatic heterocycles. The molecular formula is C19H22N2O5. The molecule has 1 fully saturated rings. The number of benzene rings is 2. The van der Waals surface area contributed by atoms with Crippen LogP contribution in [0.1, 0.15) is 0 Å². The van der Waals surface area contributed by atoms with Crippen LogP contribution in [0.3, 0.4) is 0 Å². The smallest absolute Gasteiger partial charge is 0.322 e. The van der Waals surface area contributed by atoms with Gasteiger partial charge in [0, 0.05) is 6.07 Å². The molecule has 0 unspecified atom stereocenters. The number of methoxy groups -OCH3 is 3. The summed E-state index contributed by atoms with van der Waals surface area (Å²) < 4.78 is 21.6. The highest BCUT2D eigenvalue weighted by atomic mass is 16.5. The lowest BCUT2D eigenvalue weighted by Crippen LogP contribution is -2.57. The minimum Gasteiger partial charge on any atom is -0.497 e. The Bertz CT molecular complexity index is 774. The molecular weight excluding hydrogens is 336 g/mol. The summed E-state index contributed by atoms with van der Waals surface area (Å²) in [5.41, 5.74) is 0.561. The predicted molar refractivity (Wildman–Crippen MR) is 97.5 cm³/mol. The van der Waals surface area contributed by atoms with Gasteiger partial charge in [-0.2, -0.15) is 0 Å². The Kier molecular flexibility index (Phi) is 5.36. The van der Waals surface area contributed by atoms with Gasteiger partial charge in [-0.05, 0) is 24.3 Å². The van der Waals surface area contributed by atoms with E-state index in [0.29, 0.717) is 41.8 Å². The molecule has 1 heterocycles. The first-order chi connectivity index (χ1) is 12.6. The minimum atomic E-state index is -0.212. The van der Waals surface area contributed by atoms with E-state index in [1.807, 2.05) is 24.3 Å². The van der Waals surface area contributed by atoms with Crippen LogP contribution < -0.4 is 24.3 Å². The van der Waals surface area contributed by atoms with Gasteiger partial charge in [0.2, 0.25) is 0 Å². The molecule has 0 aliphatic carbocycles. The van der Waals surface area contributed by atoms with Crippen molar-refractivity contribution in [3.63, 3.8) is 0 Å². The van der Waals surface area contributed by atoms with Gasteiger partial charge in [-0.15, -0.1) is 0 Å². The average Bonchev–Trinajstić information content (AvgIpc) is 2.64. The maximum Gasteiger partial charge on any atom is 0.322 e. The second-order valence-electron chi connectivity index (χ2n) is 5.79. The quantitative estimate of drug-likeness (QED) is 0.860. The Morgan fingerprint density at radius 1 is 0.962 bits per heavy atom. The molecule has 7 nitrogen and oxygen atoms in total. The van der Waals surface area contributed by atoms with E-state index in [-0.39, 0.29) is 12.1 Å². The van der Waals surface area contributed by atoms with Crippen molar-refractivity contribution < 1.29 is 23.7 Å². The molecule has 0 atom stereocenters. The maximum atomic E-state index is 12.4. The number of hydrogen-bond donors (Lipinski definition) is 1. The summed E-state index contributed by atoms with van der Waals surface area (Å²) in [6.45, 7) is 0.992. The van der Waals surface area contributed by atoms with Gasteiger partial charge in [-0.1, -0.05) is 12.1 Å². The Balaban J connectivity index is 1.57. The Morgan fingerprint density at radius 3 is 2.31 bits per heavy atom. The zero-order valence-corrected chi connectivity index (χ0v) is 15.0. The van der Waals surface area contributed by atoms with Gasteiger partial charge < -0.3 is 29.2 Å². The fraction of sp³-hybridized carbons (Fsp3) is 0.316. The summed E-state index contributed by atoms with van der Waals surface area (Å²) in [6, 6.07) is 12.5. The number of likely N-dealkylation sites (tertiary alicyclic amines) is 1. The van der Waals surface area contributed by atoms with Crippen molar-refractivity contribution in [1.82, 2.24) is 4.90 Å². The van der Waals surface area contributed by atoms with Gasteiger partial charge in [-0.3, -0.25) is 0 Å². The fourth-order valence-corrected chi connectivity index (χ4v) is 2.68. The summed E-state index contributed by atoms with van der Waals surface area (Å²) >= 11 is 0. The number of nitrogens with zero attached hydrogens (tertiary/aromatic N) is 1. The number of rotatable bonds is 6. The second-order valence-corrected chi connectivity index (χ2v) is 5.79. The lowest BCUT2D eigenvalue weighted by Gasteiger charge is -2.39. The third kappa shape index (κ3) is 3.77. The van der Waals surface area contributed by atoms with Crippen molar-refractivity contribution in [2.24, 2.45) is 0 Å². The van der Waals surface area contributed by atoms with E-state index in [4.69, 9.17) is 18.9 Å². The number of carbonyl (C=O) groups excluding carboxylic acids is 1. The highest BCUT2D eigenvalue weighted by molar-refractivity contribution is 5.91. The van der Waals surface area contributed by atoms with Crippen molar-refractivity contribution in [2.45, 2.75) is 6.10 Å². The molecule has 0 saturated carbocycles. The molecule has 1 saturated heterocycles. The van der Waals surface area contributed by atoms with Crippen LogP contribution in [0.4, 0.5) is 10.5 Å². The van der Waals surface area contributed by atoms with Gasteiger partial charge in [0.25, 0.3) is 0 Å². The Hall–Kier alpha value is -3.09. The summed E-state index contributed by atoms with van der Waals surface area (Å²) in [6.07, 6.45) is -0.0655. The van der Waals surface area contributed by atoms with Crippen LogP contribution in [-0.2, 0) is 0 Å². The van der Waals surface area contributed by atoms with Crippen molar-refractivity contribution in [1.29, 1.82) is 0 Å². The van der Waals surface area contributed by atoms with Crippen molar-refractivity contribution in [3.8, 4) is 23.0 Å². The van der Waals surface area contributed by atoms with Crippen LogP contribution in [0.5, 0.6) is 23.0 Å². The number of hydrogen-bond acceptors (Lipinski definition) is 5. The van der Waals surface area contributed by atoms with E-state index < -0.39 is 0 Å². The molecule has 138 valence electrons. The monoisotopic (exact) mass is 358 g/mol. The Morgan fingerprint density at radius 2 is 1.65 bits per heavy atom. The average molecular weight is 358 g/mol. The molecule has 3 rings (SSSR count). The molecule has 1 aliphatic rings. The molecule has 0 spiro atoms. The standard InChI is InChI=1S/C19H22N2O5/c1-23-13-8-9-16(24-2)15(10-13)20-19(22)21-11-14(12-21)26-18-7-5-4-6-17(18)25-3/h4-10,14H,11-12H2,1-3H3,(H,20,22). The highest BCUT2D eigenvalue weighted by Gasteiger charge is 2.33. The van der Waals surface area contributed by atoms with E-state index in [1.165, 1.54) is 0 Å².